The van der Waals surface area contributed by atoms with Crippen molar-refractivity contribution < 1.29 is 4.92 Å². The second kappa shape index (κ2) is 3.95. The van der Waals surface area contributed by atoms with Gasteiger partial charge >= 0.3 is 0 Å². The molecule has 0 unspecified atom stereocenters. The zero-order chi connectivity index (χ0) is 13.5. The molecule has 0 saturated heterocycles. The van der Waals surface area contributed by atoms with E-state index in [1.165, 1.54) is 0 Å². The first-order valence-electron chi connectivity index (χ1n) is 5.76. The van der Waals surface area contributed by atoms with Gasteiger partial charge in [-0.1, -0.05) is 32.9 Å². The first-order chi connectivity index (χ1) is 8.36. The van der Waals surface area contributed by atoms with Gasteiger partial charge < -0.3 is 0 Å². The van der Waals surface area contributed by atoms with Gasteiger partial charge in [-0.05, 0) is 17.0 Å². The topological polar surface area (TPSA) is 66.9 Å². The van der Waals surface area contributed by atoms with Crippen LogP contribution in [0.15, 0.2) is 23.8 Å². The van der Waals surface area contributed by atoms with Gasteiger partial charge in [-0.2, -0.15) is 5.26 Å². The molecule has 92 valence electrons. The fourth-order valence-electron chi connectivity index (χ4n) is 2.37. The van der Waals surface area contributed by atoms with E-state index in [2.05, 4.69) is 0 Å². The maximum Gasteiger partial charge on any atom is 0.278 e. The summed E-state index contributed by atoms with van der Waals surface area (Å²) in [5.74, 6) is 0. The highest BCUT2D eigenvalue weighted by Gasteiger charge is 2.38. The number of hydrogen-bond acceptors (Lipinski definition) is 3. The number of fused-ring (bicyclic) bond motifs is 1. The molecule has 0 bridgehead atoms. The van der Waals surface area contributed by atoms with E-state index in [-0.39, 0.29) is 16.0 Å². The summed E-state index contributed by atoms with van der Waals surface area (Å²) in [7, 11) is 0. The highest BCUT2D eigenvalue weighted by molar-refractivity contribution is 5.76. The van der Waals surface area contributed by atoms with Crippen LogP contribution < -0.4 is 0 Å². The SMILES string of the molecule is CC(C)(C)C1=C([N+](=O)[O-])c2c(C#N)cccc2C1. The fraction of sp³-hybridized carbons (Fsp3) is 0.357. The quantitative estimate of drug-likeness (QED) is 0.561. The largest absolute Gasteiger partial charge is 0.278 e. The van der Waals surface area contributed by atoms with Gasteiger partial charge in [0.15, 0.2) is 0 Å². The van der Waals surface area contributed by atoms with Crippen LogP contribution >= 0.6 is 0 Å². The van der Waals surface area contributed by atoms with Gasteiger partial charge in [-0.25, -0.2) is 0 Å². The van der Waals surface area contributed by atoms with E-state index in [4.69, 9.17) is 5.26 Å². The summed E-state index contributed by atoms with van der Waals surface area (Å²) < 4.78 is 0. The van der Waals surface area contributed by atoms with Crippen molar-refractivity contribution in [1.82, 2.24) is 0 Å². The van der Waals surface area contributed by atoms with Crippen LogP contribution in [0.1, 0.15) is 37.5 Å². The lowest BCUT2D eigenvalue weighted by atomic mass is 9.84. The Kier molecular flexibility index (Phi) is 2.70. The molecule has 1 aliphatic carbocycles. The van der Waals surface area contributed by atoms with E-state index in [1.807, 2.05) is 32.9 Å². The fourth-order valence-corrected chi connectivity index (χ4v) is 2.37. The van der Waals surface area contributed by atoms with Crippen LogP contribution in [0.4, 0.5) is 0 Å². The van der Waals surface area contributed by atoms with Crippen molar-refractivity contribution in [2.24, 2.45) is 5.41 Å². The zero-order valence-electron chi connectivity index (χ0n) is 10.7. The summed E-state index contributed by atoms with van der Waals surface area (Å²) in [5.41, 5.74) is 2.42. The third kappa shape index (κ3) is 1.78. The molecule has 1 aromatic rings. The number of nitrogens with zero attached hydrogens (tertiary/aromatic N) is 2. The van der Waals surface area contributed by atoms with E-state index in [9.17, 15) is 10.1 Å². The van der Waals surface area contributed by atoms with Crippen molar-refractivity contribution in [3.8, 4) is 6.07 Å². The van der Waals surface area contributed by atoms with Gasteiger partial charge in [-0.15, -0.1) is 0 Å². The van der Waals surface area contributed by atoms with Crippen molar-refractivity contribution in [3.05, 3.63) is 50.6 Å². The number of hydrogen-bond donors (Lipinski definition) is 0. The Morgan fingerprint density at radius 3 is 2.56 bits per heavy atom. The normalized spacial score (nSPS) is 14.3. The van der Waals surface area contributed by atoms with Gasteiger partial charge in [0.05, 0.1) is 16.1 Å². The van der Waals surface area contributed by atoms with Crippen LogP contribution in [-0.2, 0) is 6.42 Å². The van der Waals surface area contributed by atoms with Gasteiger partial charge in [0.25, 0.3) is 5.70 Å². The van der Waals surface area contributed by atoms with Gasteiger partial charge in [0.2, 0.25) is 0 Å². The van der Waals surface area contributed by atoms with E-state index < -0.39 is 0 Å². The Morgan fingerprint density at radius 1 is 1.39 bits per heavy atom. The highest BCUT2D eigenvalue weighted by Crippen LogP contribution is 2.43. The average Bonchev–Trinajstić information content (AvgIpc) is 2.67. The average molecular weight is 242 g/mol. The standard InChI is InChI=1S/C14H14N2O2/c1-14(2,3)11-7-9-5-4-6-10(8-15)12(9)13(11)16(17)18/h4-6H,7H2,1-3H3. The smallest absolute Gasteiger partial charge is 0.258 e. The summed E-state index contributed by atoms with van der Waals surface area (Å²) in [5, 5.41) is 20.4. The molecule has 2 rings (SSSR count). The van der Waals surface area contributed by atoms with Crippen molar-refractivity contribution in [2.45, 2.75) is 27.2 Å². The Balaban J connectivity index is 2.75. The molecule has 0 spiro atoms. The van der Waals surface area contributed by atoms with Crippen molar-refractivity contribution in [1.29, 1.82) is 5.26 Å². The third-order valence-electron chi connectivity index (χ3n) is 3.25. The number of allylic oxidation sites excluding steroid dienone is 1. The molecule has 0 heterocycles. The minimum Gasteiger partial charge on any atom is -0.258 e. The Bertz CT molecular complexity index is 601. The van der Waals surface area contributed by atoms with Crippen LogP contribution in [0, 0.1) is 26.9 Å². The molecule has 0 radical (unpaired) electrons. The number of nitro groups is 1. The molecule has 0 aromatic heterocycles. The first kappa shape index (κ1) is 12.3. The first-order valence-corrected chi connectivity index (χ1v) is 5.76. The number of nitriles is 1. The minimum absolute atomic E-state index is 0.120. The van der Waals surface area contributed by atoms with E-state index in [0.29, 0.717) is 17.5 Å². The Morgan fingerprint density at radius 2 is 2.06 bits per heavy atom. The summed E-state index contributed by atoms with van der Waals surface area (Å²) in [4.78, 5) is 11.0. The predicted molar refractivity (Wildman–Crippen MR) is 68.2 cm³/mol. The lowest BCUT2D eigenvalue weighted by Gasteiger charge is -2.19. The van der Waals surface area contributed by atoms with Gasteiger partial charge in [0, 0.05) is 12.0 Å². The maximum atomic E-state index is 11.3. The molecular formula is C14H14N2O2. The lowest BCUT2D eigenvalue weighted by Crippen LogP contribution is -2.13. The highest BCUT2D eigenvalue weighted by atomic mass is 16.6. The minimum atomic E-state index is -0.354. The molecule has 4 nitrogen and oxygen atoms in total. The summed E-state index contributed by atoms with van der Waals surface area (Å²) in [6, 6.07) is 7.32. The molecule has 0 fully saturated rings. The molecule has 4 heteroatoms. The molecule has 0 amide bonds. The number of benzene rings is 1. The van der Waals surface area contributed by atoms with E-state index >= 15 is 0 Å². The Labute approximate surface area is 106 Å². The lowest BCUT2D eigenvalue weighted by molar-refractivity contribution is -0.376. The van der Waals surface area contributed by atoms with Gasteiger partial charge in [0.1, 0.15) is 6.07 Å². The maximum absolute atomic E-state index is 11.3. The second-order valence-electron chi connectivity index (χ2n) is 5.46. The molecule has 0 saturated carbocycles. The molecule has 0 atom stereocenters. The summed E-state index contributed by atoms with van der Waals surface area (Å²) >= 11 is 0. The third-order valence-corrected chi connectivity index (χ3v) is 3.25. The van der Waals surface area contributed by atoms with Crippen LogP contribution in [0.25, 0.3) is 5.70 Å². The Hall–Kier alpha value is -2.15. The van der Waals surface area contributed by atoms with E-state index in [1.54, 1.807) is 12.1 Å². The van der Waals surface area contributed by atoms with Crippen molar-refractivity contribution >= 4 is 5.70 Å². The van der Waals surface area contributed by atoms with Crippen LogP contribution in [0.2, 0.25) is 0 Å². The summed E-state index contributed by atoms with van der Waals surface area (Å²) in [6.45, 7) is 5.89. The molecule has 1 aromatic carbocycles. The number of rotatable bonds is 1. The molecular weight excluding hydrogens is 228 g/mol. The monoisotopic (exact) mass is 242 g/mol. The second-order valence-corrected chi connectivity index (χ2v) is 5.46. The van der Waals surface area contributed by atoms with Crippen LogP contribution in [-0.4, -0.2) is 4.92 Å². The van der Waals surface area contributed by atoms with E-state index in [0.717, 1.165) is 11.1 Å². The van der Waals surface area contributed by atoms with Crippen LogP contribution in [0.5, 0.6) is 0 Å². The van der Waals surface area contributed by atoms with Crippen molar-refractivity contribution in [3.63, 3.8) is 0 Å². The molecule has 0 aliphatic heterocycles. The summed E-state index contributed by atoms with van der Waals surface area (Å²) in [6.07, 6.45) is 0.560. The molecule has 18 heavy (non-hydrogen) atoms. The van der Waals surface area contributed by atoms with Crippen molar-refractivity contribution in [2.75, 3.05) is 0 Å². The molecule has 0 N–H and O–H groups in total. The molecule has 1 aliphatic rings. The van der Waals surface area contributed by atoms with Crippen LogP contribution in [0.3, 0.4) is 0 Å². The zero-order valence-corrected chi connectivity index (χ0v) is 10.7. The van der Waals surface area contributed by atoms with Gasteiger partial charge in [-0.3, -0.25) is 10.1 Å². The predicted octanol–water partition coefficient (Wildman–Crippen LogP) is 3.15.